The fraction of sp³-hybridized carbons (Fsp3) is 0.600. The number of aromatic nitrogens is 2. The molecule has 5 heteroatoms. The first kappa shape index (κ1) is 11.8. The molecule has 0 bridgehead atoms. The van der Waals surface area contributed by atoms with E-state index in [9.17, 15) is 4.39 Å². The second-order valence-electron chi connectivity index (χ2n) is 3.53. The molecule has 0 aliphatic rings. The van der Waals surface area contributed by atoms with Crippen LogP contribution < -0.4 is 11.1 Å². The lowest BCUT2D eigenvalue weighted by atomic mass is 10.2. The molecule has 0 aliphatic heterocycles. The summed E-state index contributed by atoms with van der Waals surface area (Å²) in [5.41, 5.74) is 6.02. The SMILES string of the molecule is CCc1ncnc(NCCC(C)N)c1F. The number of nitrogens with one attached hydrogen (secondary N) is 1. The molecule has 1 aromatic heterocycles. The van der Waals surface area contributed by atoms with Crippen LogP contribution in [-0.2, 0) is 6.42 Å². The highest BCUT2D eigenvalue weighted by atomic mass is 19.1. The molecule has 1 aromatic rings. The van der Waals surface area contributed by atoms with Gasteiger partial charge in [-0.2, -0.15) is 0 Å². The highest BCUT2D eigenvalue weighted by Crippen LogP contribution is 2.12. The van der Waals surface area contributed by atoms with Crippen molar-refractivity contribution in [2.75, 3.05) is 11.9 Å². The molecular formula is C10H17FN4. The molecule has 1 heterocycles. The molecule has 0 aliphatic carbocycles. The largest absolute Gasteiger partial charge is 0.367 e. The molecule has 1 unspecified atom stereocenters. The van der Waals surface area contributed by atoms with Gasteiger partial charge in [0.1, 0.15) is 6.33 Å². The van der Waals surface area contributed by atoms with Gasteiger partial charge in [-0.1, -0.05) is 6.92 Å². The van der Waals surface area contributed by atoms with Gasteiger partial charge in [0.15, 0.2) is 11.6 Å². The summed E-state index contributed by atoms with van der Waals surface area (Å²) in [5.74, 6) is -0.0906. The zero-order valence-electron chi connectivity index (χ0n) is 9.13. The first-order valence-corrected chi connectivity index (χ1v) is 5.14. The molecule has 3 N–H and O–H groups in total. The highest BCUT2D eigenvalue weighted by molar-refractivity contribution is 5.37. The summed E-state index contributed by atoms with van der Waals surface area (Å²) in [6.45, 7) is 4.39. The molecule has 1 atom stereocenters. The lowest BCUT2D eigenvalue weighted by Crippen LogP contribution is -2.20. The zero-order chi connectivity index (χ0) is 11.3. The Kier molecular flexibility index (Phi) is 4.42. The normalized spacial score (nSPS) is 12.5. The Balaban J connectivity index is 2.61. The summed E-state index contributed by atoms with van der Waals surface area (Å²) in [6, 6.07) is 0.105. The van der Waals surface area contributed by atoms with Crippen molar-refractivity contribution >= 4 is 5.82 Å². The number of nitrogens with two attached hydrogens (primary N) is 1. The van der Waals surface area contributed by atoms with Crippen LogP contribution in [0.25, 0.3) is 0 Å². The molecular weight excluding hydrogens is 195 g/mol. The number of rotatable bonds is 5. The molecule has 0 aromatic carbocycles. The van der Waals surface area contributed by atoms with Crippen molar-refractivity contribution in [1.82, 2.24) is 9.97 Å². The van der Waals surface area contributed by atoms with Crippen LogP contribution in [0.15, 0.2) is 6.33 Å². The van der Waals surface area contributed by atoms with Crippen LogP contribution in [0.4, 0.5) is 10.2 Å². The van der Waals surface area contributed by atoms with E-state index in [0.717, 1.165) is 6.42 Å². The molecule has 0 fully saturated rings. The molecule has 0 spiro atoms. The van der Waals surface area contributed by atoms with Gasteiger partial charge in [0.2, 0.25) is 0 Å². The summed E-state index contributed by atoms with van der Waals surface area (Å²) in [4.78, 5) is 7.70. The topological polar surface area (TPSA) is 63.8 Å². The second-order valence-corrected chi connectivity index (χ2v) is 3.53. The zero-order valence-corrected chi connectivity index (χ0v) is 9.13. The van der Waals surface area contributed by atoms with E-state index in [-0.39, 0.29) is 17.7 Å². The number of hydrogen-bond donors (Lipinski definition) is 2. The van der Waals surface area contributed by atoms with E-state index in [1.54, 1.807) is 0 Å². The van der Waals surface area contributed by atoms with Gasteiger partial charge in [-0.25, -0.2) is 14.4 Å². The molecule has 0 saturated carbocycles. The lowest BCUT2D eigenvalue weighted by Gasteiger charge is -2.09. The molecule has 4 nitrogen and oxygen atoms in total. The minimum absolute atomic E-state index is 0.105. The average Bonchev–Trinajstić information content (AvgIpc) is 2.20. The average molecular weight is 212 g/mol. The summed E-state index contributed by atoms with van der Waals surface area (Å²) >= 11 is 0. The third-order valence-electron chi connectivity index (χ3n) is 2.09. The fourth-order valence-electron chi connectivity index (χ4n) is 1.19. The Morgan fingerprint density at radius 1 is 1.53 bits per heavy atom. The van der Waals surface area contributed by atoms with Gasteiger partial charge in [0.05, 0.1) is 5.69 Å². The highest BCUT2D eigenvalue weighted by Gasteiger charge is 2.08. The quantitative estimate of drug-likeness (QED) is 0.772. The third kappa shape index (κ3) is 3.43. The Hall–Kier alpha value is -1.23. The van der Waals surface area contributed by atoms with Crippen molar-refractivity contribution in [2.45, 2.75) is 32.7 Å². The summed E-state index contributed by atoms with van der Waals surface area (Å²) in [7, 11) is 0. The molecule has 15 heavy (non-hydrogen) atoms. The van der Waals surface area contributed by atoms with E-state index in [0.29, 0.717) is 18.7 Å². The Morgan fingerprint density at radius 3 is 2.87 bits per heavy atom. The van der Waals surface area contributed by atoms with Crippen LogP contribution in [0.3, 0.4) is 0 Å². The van der Waals surface area contributed by atoms with Crippen LogP contribution in [0.1, 0.15) is 26.0 Å². The minimum Gasteiger partial charge on any atom is -0.367 e. The van der Waals surface area contributed by atoms with E-state index in [2.05, 4.69) is 15.3 Å². The van der Waals surface area contributed by atoms with Crippen molar-refractivity contribution in [3.8, 4) is 0 Å². The van der Waals surface area contributed by atoms with E-state index in [1.165, 1.54) is 6.33 Å². The Morgan fingerprint density at radius 2 is 2.27 bits per heavy atom. The van der Waals surface area contributed by atoms with Gasteiger partial charge in [-0.15, -0.1) is 0 Å². The minimum atomic E-state index is -0.357. The number of hydrogen-bond acceptors (Lipinski definition) is 4. The van der Waals surface area contributed by atoms with Crippen LogP contribution in [0.2, 0.25) is 0 Å². The maximum Gasteiger partial charge on any atom is 0.186 e. The third-order valence-corrected chi connectivity index (χ3v) is 2.09. The smallest absolute Gasteiger partial charge is 0.186 e. The maximum atomic E-state index is 13.6. The number of nitrogens with zero attached hydrogens (tertiary/aromatic N) is 2. The van der Waals surface area contributed by atoms with E-state index < -0.39 is 0 Å². The predicted octanol–water partition coefficient (Wildman–Crippen LogP) is 1.33. The first-order valence-electron chi connectivity index (χ1n) is 5.14. The van der Waals surface area contributed by atoms with E-state index in [1.807, 2.05) is 13.8 Å². The van der Waals surface area contributed by atoms with Crippen molar-refractivity contribution in [2.24, 2.45) is 5.73 Å². The second kappa shape index (κ2) is 5.60. The maximum absolute atomic E-state index is 13.6. The van der Waals surface area contributed by atoms with Gasteiger partial charge in [0.25, 0.3) is 0 Å². The molecule has 0 saturated heterocycles. The molecule has 0 amide bonds. The van der Waals surface area contributed by atoms with Crippen LogP contribution in [0, 0.1) is 5.82 Å². The number of aryl methyl sites for hydroxylation is 1. The molecule has 0 radical (unpaired) electrons. The Labute approximate surface area is 89.1 Å². The lowest BCUT2D eigenvalue weighted by molar-refractivity contribution is 0.594. The summed E-state index contributed by atoms with van der Waals surface area (Å²) < 4.78 is 13.6. The van der Waals surface area contributed by atoms with Gasteiger partial charge in [-0.05, 0) is 19.8 Å². The van der Waals surface area contributed by atoms with Gasteiger partial charge in [0, 0.05) is 12.6 Å². The van der Waals surface area contributed by atoms with Crippen LogP contribution in [-0.4, -0.2) is 22.6 Å². The van der Waals surface area contributed by atoms with E-state index >= 15 is 0 Å². The summed E-state index contributed by atoms with van der Waals surface area (Å²) in [6.07, 6.45) is 2.72. The van der Waals surface area contributed by atoms with Gasteiger partial charge >= 0.3 is 0 Å². The Bertz CT molecular complexity index is 314. The fourth-order valence-corrected chi connectivity index (χ4v) is 1.19. The van der Waals surface area contributed by atoms with Gasteiger partial charge in [-0.3, -0.25) is 0 Å². The predicted molar refractivity (Wildman–Crippen MR) is 58.1 cm³/mol. The van der Waals surface area contributed by atoms with Crippen LogP contribution in [0.5, 0.6) is 0 Å². The van der Waals surface area contributed by atoms with Crippen molar-refractivity contribution in [3.63, 3.8) is 0 Å². The number of halogens is 1. The molecule has 84 valence electrons. The number of anilines is 1. The van der Waals surface area contributed by atoms with Crippen molar-refractivity contribution in [1.29, 1.82) is 0 Å². The van der Waals surface area contributed by atoms with E-state index in [4.69, 9.17) is 5.73 Å². The monoisotopic (exact) mass is 212 g/mol. The van der Waals surface area contributed by atoms with Crippen molar-refractivity contribution < 1.29 is 4.39 Å². The standard InChI is InChI=1S/C10H17FN4/c1-3-8-9(11)10(15-6-14-8)13-5-4-7(2)12/h6-7H,3-5,12H2,1-2H3,(H,13,14,15). The molecule has 1 rings (SSSR count). The summed E-state index contributed by atoms with van der Waals surface area (Å²) in [5, 5.41) is 2.91. The first-order chi connectivity index (χ1) is 7.15. The van der Waals surface area contributed by atoms with Crippen molar-refractivity contribution in [3.05, 3.63) is 17.8 Å². The van der Waals surface area contributed by atoms with Gasteiger partial charge < -0.3 is 11.1 Å². The van der Waals surface area contributed by atoms with Crippen LogP contribution >= 0.6 is 0 Å².